The first-order valence-electron chi connectivity index (χ1n) is 5.93. The Balaban J connectivity index is 2.32. The summed E-state index contributed by atoms with van der Waals surface area (Å²) in [7, 11) is 0. The molecule has 0 spiro atoms. The van der Waals surface area contributed by atoms with Crippen LogP contribution in [0.25, 0.3) is 0 Å². The summed E-state index contributed by atoms with van der Waals surface area (Å²) in [4.78, 5) is 1.10. The third kappa shape index (κ3) is 2.94. The van der Waals surface area contributed by atoms with E-state index in [0.717, 1.165) is 20.3 Å². The lowest BCUT2D eigenvalue weighted by Crippen LogP contribution is -2.25. The molecule has 0 aliphatic heterocycles. The van der Waals surface area contributed by atoms with Crippen molar-refractivity contribution in [3.05, 3.63) is 56.2 Å². The number of benzene rings is 1. The van der Waals surface area contributed by atoms with Gasteiger partial charge in [0.25, 0.3) is 0 Å². The van der Waals surface area contributed by atoms with Crippen LogP contribution in [0.2, 0.25) is 4.34 Å². The second-order valence-electron chi connectivity index (χ2n) is 4.97. The number of aliphatic hydroxyl groups is 1. The van der Waals surface area contributed by atoms with Crippen LogP contribution in [0.3, 0.4) is 0 Å². The predicted octanol–water partition coefficient (Wildman–Crippen LogP) is 4.47. The van der Waals surface area contributed by atoms with Crippen LogP contribution in [0, 0.1) is 13.8 Å². The largest absolute Gasteiger partial charge is 0.385 e. The van der Waals surface area contributed by atoms with Gasteiger partial charge in [-0.05, 0) is 44.0 Å². The minimum absolute atomic E-state index is 0.592. The highest BCUT2D eigenvalue weighted by atomic mass is 35.5. The van der Waals surface area contributed by atoms with Crippen molar-refractivity contribution < 1.29 is 5.11 Å². The number of halogens is 1. The lowest BCUT2D eigenvalue weighted by molar-refractivity contribution is 0.0578. The third-order valence-electron chi connectivity index (χ3n) is 3.12. The first-order chi connectivity index (χ1) is 8.38. The van der Waals surface area contributed by atoms with Gasteiger partial charge < -0.3 is 5.11 Å². The summed E-state index contributed by atoms with van der Waals surface area (Å²) >= 11 is 7.45. The van der Waals surface area contributed by atoms with Crippen LogP contribution in [-0.4, -0.2) is 5.11 Å². The fourth-order valence-electron chi connectivity index (χ4n) is 2.20. The van der Waals surface area contributed by atoms with Crippen LogP contribution in [-0.2, 0) is 12.0 Å². The van der Waals surface area contributed by atoms with E-state index in [4.69, 9.17) is 11.6 Å². The lowest BCUT2D eigenvalue weighted by atomic mass is 9.87. The van der Waals surface area contributed by atoms with Crippen LogP contribution >= 0.6 is 22.9 Å². The fraction of sp³-hybridized carbons (Fsp3) is 0.333. The molecule has 2 aromatic rings. The summed E-state index contributed by atoms with van der Waals surface area (Å²) < 4.78 is 0.766. The Morgan fingerprint density at radius 3 is 2.56 bits per heavy atom. The van der Waals surface area contributed by atoms with Gasteiger partial charge in [0.05, 0.1) is 9.94 Å². The zero-order valence-electron chi connectivity index (χ0n) is 10.8. The Kier molecular flexibility index (Phi) is 3.81. The maximum atomic E-state index is 10.7. The van der Waals surface area contributed by atoms with E-state index in [1.165, 1.54) is 16.9 Å². The molecule has 3 heteroatoms. The van der Waals surface area contributed by atoms with Crippen molar-refractivity contribution in [2.45, 2.75) is 32.8 Å². The van der Waals surface area contributed by atoms with Gasteiger partial charge in [-0.1, -0.05) is 35.4 Å². The highest BCUT2D eigenvalue weighted by Gasteiger charge is 2.26. The van der Waals surface area contributed by atoms with Gasteiger partial charge in [0, 0.05) is 11.3 Å². The minimum atomic E-state index is -0.857. The lowest BCUT2D eigenvalue weighted by Gasteiger charge is -2.25. The van der Waals surface area contributed by atoms with E-state index in [-0.39, 0.29) is 0 Å². The molecular weight excluding hydrogens is 264 g/mol. The molecule has 0 bridgehead atoms. The first kappa shape index (κ1) is 13.6. The zero-order valence-corrected chi connectivity index (χ0v) is 12.4. The van der Waals surface area contributed by atoms with Crippen molar-refractivity contribution in [2.75, 3.05) is 0 Å². The van der Waals surface area contributed by atoms with Gasteiger partial charge in [0.15, 0.2) is 0 Å². The average molecular weight is 281 g/mol. The summed E-state index contributed by atoms with van der Waals surface area (Å²) in [5.74, 6) is 0. The van der Waals surface area contributed by atoms with Gasteiger partial charge in [0.1, 0.15) is 0 Å². The maximum Gasteiger partial charge on any atom is 0.0931 e. The van der Waals surface area contributed by atoms with Crippen LogP contribution < -0.4 is 0 Å². The van der Waals surface area contributed by atoms with E-state index in [1.54, 1.807) is 0 Å². The number of aryl methyl sites for hydroxylation is 2. The molecule has 0 radical (unpaired) electrons. The fourth-order valence-corrected chi connectivity index (χ4v) is 3.43. The average Bonchev–Trinajstić information content (AvgIpc) is 2.66. The van der Waals surface area contributed by atoms with Gasteiger partial charge in [-0.15, -0.1) is 11.3 Å². The molecule has 0 saturated heterocycles. The van der Waals surface area contributed by atoms with E-state index in [2.05, 4.69) is 18.2 Å². The molecule has 2 rings (SSSR count). The highest BCUT2D eigenvalue weighted by Crippen LogP contribution is 2.32. The van der Waals surface area contributed by atoms with Crippen molar-refractivity contribution in [1.82, 2.24) is 0 Å². The summed E-state index contributed by atoms with van der Waals surface area (Å²) in [6.07, 6.45) is 0.592. The number of hydrogen-bond donors (Lipinski definition) is 1. The van der Waals surface area contributed by atoms with E-state index in [0.29, 0.717) is 6.42 Å². The molecule has 1 nitrogen and oxygen atoms in total. The molecule has 1 N–H and O–H groups in total. The molecule has 0 aliphatic carbocycles. The number of rotatable bonds is 3. The summed E-state index contributed by atoms with van der Waals surface area (Å²) in [5.41, 5.74) is 2.42. The summed E-state index contributed by atoms with van der Waals surface area (Å²) in [6.45, 7) is 5.94. The topological polar surface area (TPSA) is 20.2 Å². The Morgan fingerprint density at radius 1 is 1.22 bits per heavy atom. The molecule has 1 unspecified atom stereocenters. The Hall–Kier alpha value is -0.830. The molecule has 0 saturated carbocycles. The van der Waals surface area contributed by atoms with Crippen LogP contribution in [0.5, 0.6) is 0 Å². The highest BCUT2D eigenvalue weighted by molar-refractivity contribution is 7.16. The Labute approximate surface area is 117 Å². The molecule has 0 amide bonds. The van der Waals surface area contributed by atoms with Gasteiger partial charge in [-0.25, -0.2) is 0 Å². The van der Waals surface area contributed by atoms with Gasteiger partial charge in [0.2, 0.25) is 0 Å². The van der Waals surface area contributed by atoms with Crippen LogP contribution in [0.4, 0.5) is 0 Å². The van der Waals surface area contributed by atoms with Crippen molar-refractivity contribution in [1.29, 1.82) is 0 Å². The third-order valence-corrected chi connectivity index (χ3v) is 4.35. The normalized spacial score (nSPS) is 14.5. The molecule has 1 heterocycles. The van der Waals surface area contributed by atoms with Gasteiger partial charge in [-0.2, -0.15) is 0 Å². The van der Waals surface area contributed by atoms with Crippen molar-refractivity contribution in [3.63, 3.8) is 0 Å². The zero-order chi connectivity index (χ0) is 13.3. The quantitative estimate of drug-likeness (QED) is 0.879. The predicted molar refractivity (Wildman–Crippen MR) is 78.5 cm³/mol. The molecule has 0 aliphatic rings. The second-order valence-corrected chi connectivity index (χ2v) is 6.77. The monoisotopic (exact) mass is 280 g/mol. The number of hydrogen-bond acceptors (Lipinski definition) is 2. The van der Waals surface area contributed by atoms with Crippen LogP contribution in [0.1, 0.15) is 28.5 Å². The molecule has 1 atom stereocenters. The van der Waals surface area contributed by atoms with Crippen LogP contribution in [0.15, 0.2) is 30.3 Å². The van der Waals surface area contributed by atoms with E-state index in [1.807, 2.05) is 32.9 Å². The second kappa shape index (κ2) is 5.04. The maximum absolute atomic E-state index is 10.7. The first-order valence-corrected chi connectivity index (χ1v) is 7.12. The molecule has 1 aromatic heterocycles. The Morgan fingerprint density at radius 2 is 1.94 bits per heavy atom. The van der Waals surface area contributed by atoms with Gasteiger partial charge in [-0.3, -0.25) is 0 Å². The minimum Gasteiger partial charge on any atom is -0.385 e. The summed E-state index contributed by atoms with van der Waals surface area (Å²) in [6, 6.07) is 10.0. The molecule has 1 aromatic carbocycles. The van der Waals surface area contributed by atoms with E-state index < -0.39 is 5.60 Å². The molecule has 18 heavy (non-hydrogen) atoms. The smallest absolute Gasteiger partial charge is 0.0931 e. The number of thiophene rings is 1. The van der Waals surface area contributed by atoms with Crippen molar-refractivity contribution in [2.24, 2.45) is 0 Å². The van der Waals surface area contributed by atoms with Crippen molar-refractivity contribution in [3.8, 4) is 0 Å². The van der Waals surface area contributed by atoms with E-state index >= 15 is 0 Å². The standard InChI is InChI=1S/C15H17ClOS/c1-10-4-5-11(2)13(8-10)15(3,17)9-12-6-7-14(16)18-12/h4-8,17H,9H2,1-3H3. The van der Waals surface area contributed by atoms with Gasteiger partial charge >= 0.3 is 0 Å². The van der Waals surface area contributed by atoms with Crippen molar-refractivity contribution >= 4 is 22.9 Å². The molecule has 0 fully saturated rings. The van der Waals surface area contributed by atoms with E-state index in [9.17, 15) is 5.11 Å². The molecule has 96 valence electrons. The molecular formula is C15H17ClOS. The summed E-state index contributed by atoms with van der Waals surface area (Å²) in [5, 5.41) is 10.7. The Bertz CT molecular complexity index is 557. The SMILES string of the molecule is Cc1ccc(C)c(C(C)(O)Cc2ccc(Cl)s2)c1.